The molecule has 7 heteroatoms. The van der Waals surface area contributed by atoms with Crippen molar-refractivity contribution in [1.29, 1.82) is 0 Å². The lowest BCUT2D eigenvalue weighted by molar-refractivity contribution is -0.119. The monoisotopic (exact) mass is 370 g/mol. The van der Waals surface area contributed by atoms with E-state index in [9.17, 15) is 4.79 Å². The first-order valence-electron chi connectivity index (χ1n) is 8.23. The molecule has 1 aromatic carbocycles. The van der Waals surface area contributed by atoms with Gasteiger partial charge in [0, 0.05) is 38.5 Å². The molecule has 0 saturated carbocycles. The summed E-state index contributed by atoms with van der Waals surface area (Å²) in [5.74, 6) is -0.168. The number of hydrogen-bond acceptors (Lipinski definition) is 6. The normalized spacial score (nSPS) is 11.0. The fourth-order valence-electron chi connectivity index (χ4n) is 2.71. The highest BCUT2D eigenvalue weighted by atomic mass is 32.1. The smallest absolute Gasteiger partial charge is 0.250 e. The summed E-state index contributed by atoms with van der Waals surface area (Å²) < 4.78 is 4.88. The summed E-state index contributed by atoms with van der Waals surface area (Å²) >= 11 is 1.61. The molecule has 0 unspecified atom stereocenters. The van der Waals surface area contributed by atoms with E-state index in [0.29, 0.717) is 0 Å². The minimum atomic E-state index is -0.168. The predicted octanol–water partition coefficient (Wildman–Crippen LogP) is 3.63. The molecule has 3 aromatic rings. The number of aryl methyl sites for hydroxylation is 2. The Labute approximate surface area is 156 Å². The summed E-state index contributed by atoms with van der Waals surface area (Å²) in [7, 11) is 5.46. The minimum Gasteiger partial charge on any atom is -0.375 e. The third-order valence-electron chi connectivity index (χ3n) is 4.04. The van der Waals surface area contributed by atoms with Crippen molar-refractivity contribution in [2.24, 2.45) is 0 Å². The van der Waals surface area contributed by atoms with Crippen LogP contribution in [0.15, 0.2) is 24.4 Å². The molecule has 0 aliphatic carbocycles. The quantitative estimate of drug-likeness (QED) is 0.743. The summed E-state index contributed by atoms with van der Waals surface area (Å²) in [6.07, 6.45) is 1.86. The van der Waals surface area contributed by atoms with Crippen LogP contribution in [-0.2, 0) is 9.53 Å². The first-order valence-corrected chi connectivity index (χ1v) is 9.05. The molecule has 136 valence electrons. The second kappa shape index (κ2) is 7.39. The molecule has 6 nitrogen and oxygen atoms in total. The first kappa shape index (κ1) is 18.3. The van der Waals surface area contributed by atoms with Crippen molar-refractivity contribution in [3.8, 4) is 10.6 Å². The van der Waals surface area contributed by atoms with Crippen molar-refractivity contribution in [3.05, 3.63) is 35.5 Å². The number of fused-ring (bicyclic) bond motifs is 1. The molecule has 3 rings (SSSR count). The number of carbonyl (C=O) groups is 1. The fraction of sp³-hybridized carbons (Fsp3) is 0.316. The largest absolute Gasteiger partial charge is 0.375 e. The number of rotatable bonds is 5. The lowest BCUT2D eigenvalue weighted by atomic mass is 10.0. The van der Waals surface area contributed by atoms with Crippen molar-refractivity contribution in [2.75, 3.05) is 38.0 Å². The average molecular weight is 370 g/mol. The zero-order valence-electron chi connectivity index (χ0n) is 15.6. The molecule has 0 aliphatic rings. The molecule has 0 bridgehead atoms. The predicted molar refractivity (Wildman–Crippen MR) is 107 cm³/mol. The van der Waals surface area contributed by atoms with Crippen molar-refractivity contribution in [3.63, 3.8) is 0 Å². The van der Waals surface area contributed by atoms with Crippen LogP contribution in [0, 0.1) is 13.8 Å². The number of ether oxygens (including phenoxy) is 1. The van der Waals surface area contributed by atoms with Gasteiger partial charge >= 0.3 is 0 Å². The average Bonchev–Trinajstić information content (AvgIpc) is 3.06. The third kappa shape index (κ3) is 3.68. The van der Waals surface area contributed by atoms with Gasteiger partial charge in [0.15, 0.2) is 5.13 Å². The van der Waals surface area contributed by atoms with E-state index in [-0.39, 0.29) is 12.5 Å². The number of pyridine rings is 1. The Morgan fingerprint density at radius 2 is 2.00 bits per heavy atom. The van der Waals surface area contributed by atoms with Gasteiger partial charge in [0.05, 0.1) is 16.1 Å². The second-order valence-corrected chi connectivity index (χ2v) is 7.40. The van der Waals surface area contributed by atoms with Crippen molar-refractivity contribution >= 4 is 39.0 Å². The van der Waals surface area contributed by atoms with Gasteiger partial charge in [0.25, 0.3) is 0 Å². The molecular formula is C19H22N4O2S. The van der Waals surface area contributed by atoms with Crippen LogP contribution < -0.4 is 10.2 Å². The van der Waals surface area contributed by atoms with Crippen LogP contribution in [0.25, 0.3) is 21.5 Å². The Morgan fingerprint density at radius 3 is 2.65 bits per heavy atom. The number of nitrogens with zero attached hydrogens (tertiary/aromatic N) is 3. The maximum absolute atomic E-state index is 11.8. The lowest BCUT2D eigenvalue weighted by Crippen LogP contribution is -2.17. The van der Waals surface area contributed by atoms with Crippen LogP contribution >= 0.6 is 11.3 Å². The molecule has 0 saturated heterocycles. The van der Waals surface area contributed by atoms with Crippen LogP contribution in [0.2, 0.25) is 0 Å². The number of amides is 1. The van der Waals surface area contributed by atoms with Gasteiger partial charge in [0.2, 0.25) is 5.91 Å². The highest BCUT2D eigenvalue weighted by molar-refractivity contribution is 7.18. The Morgan fingerprint density at radius 1 is 1.23 bits per heavy atom. The van der Waals surface area contributed by atoms with E-state index in [1.807, 2.05) is 44.2 Å². The Kier molecular flexibility index (Phi) is 5.20. The molecule has 26 heavy (non-hydrogen) atoms. The lowest BCUT2D eigenvalue weighted by Gasteiger charge is -2.12. The molecule has 2 aromatic heterocycles. The SMILES string of the molecule is COCC(=O)Nc1cc2c(C)cc(-c3cnc(N(C)C)s3)nc2cc1C. The van der Waals surface area contributed by atoms with Gasteiger partial charge in [0.1, 0.15) is 6.61 Å². The number of methoxy groups -OCH3 is 1. The number of nitrogens with one attached hydrogen (secondary N) is 1. The van der Waals surface area contributed by atoms with Crippen LogP contribution in [0.3, 0.4) is 0 Å². The van der Waals surface area contributed by atoms with Gasteiger partial charge in [-0.15, -0.1) is 0 Å². The summed E-state index contributed by atoms with van der Waals surface area (Å²) in [5, 5.41) is 4.86. The highest BCUT2D eigenvalue weighted by Gasteiger charge is 2.12. The van der Waals surface area contributed by atoms with E-state index in [2.05, 4.69) is 23.3 Å². The van der Waals surface area contributed by atoms with Crippen molar-refractivity contribution in [1.82, 2.24) is 9.97 Å². The highest BCUT2D eigenvalue weighted by Crippen LogP contribution is 2.33. The molecule has 2 heterocycles. The van der Waals surface area contributed by atoms with E-state index < -0.39 is 0 Å². The summed E-state index contributed by atoms with van der Waals surface area (Å²) in [6.45, 7) is 4.05. The molecular weight excluding hydrogens is 348 g/mol. The molecule has 0 spiro atoms. The first-order chi connectivity index (χ1) is 12.4. The topological polar surface area (TPSA) is 67.3 Å². The molecule has 0 aliphatic heterocycles. The number of benzene rings is 1. The number of aromatic nitrogens is 2. The maximum atomic E-state index is 11.8. The van der Waals surface area contributed by atoms with E-state index >= 15 is 0 Å². The van der Waals surface area contributed by atoms with Crippen LogP contribution in [0.5, 0.6) is 0 Å². The Hall–Kier alpha value is -2.51. The van der Waals surface area contributed by atoms with Crippen LogP contribution in [-0.4, -0.2) is 43.7 Å². The van der Waals surface area contributed by atoms with E-state index in [1.165, 1.54) is 7.11 Å². The molecule has 1 N–H and O–H groups in total. The number of anilines is 2. The number of thiazole rings is 1. The Balaban J connectivity index is 2.02. The third-order valence-corrected chi connectivity index (χ3v) is 5.23. The summed E-state index contributed by atoms with van der Waals surface area (Å²) in [6, 6.07) is 6.04. The Bertz CT molecular complexity index is 966. The van der Waals surface area contributed by atoms with Crippen LogP contribution in [0.4, 0.5) is 10.8 Å². The van der Waals surface area contributed by atoms with Crippen molar-refractivity contribution < 1.29 is 9.53 Å². The number of hydrogen-bond donors (Lipinski definition) is 1. The van der Waals surface area contributed by atoms with E-state index in [4.69, 9.17) is 9.72 Å². The van der Waals surface area contributed by atoms with Crippen molar-refractivity contribution in [2.45, 2.75) is 13.8 Å². The van der Waals surface area contributed by atoms with Gasteiger partial charge in [-0.2, -0.15) is 0 Å². The van der Waals surface area contributed by atoms with Gasteiger partial charge in [-0.05, 0) is 43.2 Å². The standard InChI is InChI=1S/C19H22N4O2S/c1-11-6-16(17-9-20-19(26-17)23(3)4)21-15-7-12(2)14(8-13(11)15)22-18(24)10-25-5/h6-9H,10H2,1-5H3,(H,22,24). The van der Waals surface area contributed by atoms with Gasteiger partial charge in [-0.1, -0.05) is 11.3 Å². The van der Waals surface area contributed by atoms with Gasteiger partial charge < -0.3 is 15.0 Å². The zero-order chi connectivity index (χ0) is 18.8. The summed E-state index contributed by atoms with van der Waals surface area (Å²) in [4.78, 5) is 24.1. The van der Waals surface area contributed by atoms with Gasteiger partial charge in [-0.3, -0.25) is 4.79 Å². The van der Waals surface area contributed by atoms with Gasteiger partial charge in [-0.25, -0.2) is 9.97 Å². The molecule has 0 radical (unpaired) electrons. The molecule has 1 amide bonds. The second-order valence-electron chi connectivity index (χ2n) is 6.39. The van der Waals surface area contributed by atoms with Crippen LogP contribution in [0.1, 0.15) is 11.1 Å². The zero-order valence-corrected chi connectivity index (χ0v) is 16.4. The molecule has 0 atom stereocenters. The maximum Gasteiger partial charge on any atom is 0.250 e. The fourth-order valence-corrected chi connectivity index (χ4v) is 3.51. The van der Waals surface area contributed by atoms with E-state index in [0.717, 1.165) is 43.4 Å². The number of carbonyl (C=O) groups excluding carboxylic acids is 1. The molecule has 0 fully saturated rings. The van der Waals surface area contributed by atoms with E-state index in [1.54, 1.807) is 11.3 Å². The minimum absolute atomic E-state index is 0.0350. The summed E-state index contributed by atoms with van der Waals surface area (Å²) in [5.41, 5.74) is 4.67.